The Bertz CT molecular complexity index is 554. The first-order valence-corrected chi connectivity index (χ1v) is 6.12. The van der Waals surface area contributed by atoms with Crippen LogP contribution in [0.25, 0.3) is 0 Å². The third kappa shape index (κ3) is 2.31. The van der Waals surface area contributed by atoms with Gasteiger partial charge in [-0.1, -0.05) is 6.92 Å². The predicted octanol–water partition coefficient (Wildman–Crippen LogP) is 2.80. The van der Waals surface area contributed by atoms with Crippen LogP contribution >= 0.6 is 12.2 Å². The summed E-state index contributed by atoms with van der Waals surface area (Å²) in [6.07, 6.45) is 3.63. The van der Waals surface area contributed by atoms with Crippen molar-refractivity contribution in [3.63, 3.8) is 0 Å². The fourth-order valence-electron chi connectivity index (χ4n) is 1.81. The highest BCUT2D eigenvalue weighted by Gasteiger charge is 2.18. The van der Waals surface area contributed by atoms with Gasteiger partial charge in [-0.15, -0.1) is 0 Å². The Balaban J connectivity index is 2.39. The molecule has 2 aromatic heterocycles. The van der Waals surface area contributed by atoms with E-state index in [2.05, 4.69) is 22.1 Å². The standard InChI is InChI=1S/C11H16N4OS/c1-4-5-9-13-14-11(17)15(9)8(3)10-12-6-7(2)16-10/h6,8H,4-5H2,1-3H3,(H,14,17). The number of hydrogen-bond acceptors (Lipinski definition) is 4. The number of rotatable bonds is 4. The Kier molecular flexibility index (Phi) is 3.42. The highest BCUT2D eigenvalue weighted by Crippen LogP contribution is 2.19. The van der Waals surface area contributed by atoms with Gasteiger partial charge < -0.3 is 4.42 Å². The van der Waals surface area contributed by atoms with E-state index in [9.17, 15) is 0 Å². The van der Waals surface area contributed by atoms with Crippen molar-refractivity contribution in [1.82, 2.24) is 19.7 Å². The lowest BCUT2D eigenvalue weighted by Gasteiger charge is -2.11. The molecular weight excluding hydrogens is 236 g/mol. The van der Waals surface area contributed by atoms with Gasteiger partial charge in [0.1, 0.15) is 17.6 Å². The second-order valence-electron chi connectivity index (χ2n) is 4.05. The SMILES string of the molecule is CCCc1n[nH]c(=S)n1C(C)c1ncc(C)o1. The minimum absolute atomic E-state index is 0.0310. The summed E-state index contributed by atoms with van der Waals surface area (Å²) in [6, 6.07) is -0.0310. The van der Waals surface area contributed by atoms with Gasteiger partial charge in [0.25, 0.3) is 0 Å². The minimum Gasteiger partial charge on any atom is -0.444 e. The molecule has 6 heteroatoms. The molecule has 0 aromatic carbocycles. The van der Waals surface area contributed by atoms with Gasteiger partial charge in [-0.2, -0.15) is 5.10 Å². The van der Waals surface area contributed by atoms with Crippen LogP contribution in [-0.2, 0) is 6.42 Å². The molecule has 0 fully saturated rings. The third-order valence-electron chi connectivity index (χ3n) is 2.63. The van der Waals surface area contributed by atoms with Crippen molar-refractivity contribution in [2.24, 2.45) is 0 Å². The summed E-state index contributed by atoms with van der Waals surface area (Å²) in [6.45, 7) is 6.00. The second kappa shape index (κ2) is 4.83. The molecule has 92 valence electrons. The van der Waals surface area contributed by atoms with E-state index >= 15 is 0 Å². The number of H-pyrrole nitrogens is 1. The summed E-state index contributed by atoms with van der Waals surface area (Å²) < 4.78 is 8.11. The Labute approximate surface area is 105 Å². The Morgan fingerprint density at radius 2 is 2.35 bits per heavy atom. The van der Waals surface area contributed by atoms with Crippen molar-refractivity contribution < 1.29 is 4.42 Å². The molecule has 2 aromatic rings. The number of aromatic amines is 1. The first-order valence-electron chi connectivity index (χ1n) is 5.71. The summed E-state index contributed by atoms with van der Waals surface area (Å²) in [5.41, 5.74) is 0. The molecule has 1 unspecified atom stereocenters. The van der Waals surface area contributed by atoms with Crippen LogP contribution in [0.15, 0.2) is 10.6 Å². The summed E-state index contributed by atoms with van der Waals surface area (Å²) >= 11 is 5.25. The Morgan fingerprint density at radius 1 is 1.59 bits per heavy atom. The highest BCUT2D eigenvalue weighted by atomic mass is 32.1. The van der Waals surface area contributed by atoms with Crippen molar-refractivity contribution in [2.75, 3.05) is 0 Å². The largest absolute Gasteiger partial charge is 0.444 e. The molecular formula is C11H16N4OS. The van der Waals surface area contributed by atoms with Gasteiger partial charge >= 0.3 is 0 Å². The van der Waals surface area contributed by atoms with Crippen LogP contribution in [0.2, 0.25) is 0 Å². The number of hydrogen-bond donors (Lipinski definition) is 1. The summed E-state index contributed by atoms with van der Waals surface area (Å²) in [7, 11) is 0. The molecule has 0 saturated heterocycles. The molecule has 1 N–H and O–H groups in total. The Morgan fingerprint density at radius 3 is 2.94 bits per heavy atom. The zero-order valence-electron chi connectivity index (χ0n) is 10.2. The van der Waals surface area contributed by atoms with Crippen LogP contribution in [0.3, 0.4) is 0 Å². The molecule has 0 amide bonds. The summed E-state index contributed by atoms with van der Waals surface area (Å²) in [4.78, 5) is 4.24. The topological polar surface area (TPSA) is 59.6 Å². The average Bonchev–Trinajstić information content (AvgIpc) is 2.86. The molecule has 0 bridgehead atoms. The highest BCUT2D eigenvalue weighted by molar-refractivity contribution is 7.71. The normalized spacial score (nSPS) is 12.9. The van der Waals surface area contributed by atoms with Gasteiger partial charge in [-0.3, -0.25) is 9.67 Å². The molecule has 0 radical (unpaired) electrons. The third-order valence-corrected chi connectivity index (χ3v) is 2.92. The maximum atomic E-state index is 5.54. The van der Waals surface area contributed by atoms with Crippen molar-refractivity contribution in [3.05, 3.63) is 28.4 Å². The van der Waals surface area contributed by atoms with Gasteiger partial charge in [0.15, 0.2) is 4.77 Å². The van der Waals surface area contributed by atoms with Crippen LogP contribution in [0, 0.1) is 11.7 Å². The molecule has 0 saturated carbocycles. The maximum Gasteiger partial charge on any atom is 0.217 e. The molecule has 0 aliphatic carbocycles. The maximum absolute atomic E-state index is 5.54. The van der Waals surface area contributed by atoms with E-state index in [1.807, 2.05) is 18.4 Å². The van der Waals surface area contributed by atoms with Gasteiger partial charge in [-0.25, -0.2) is 4.98 Å². The van der Waals surface area contributed by atoms with E-state index in [0.29, 0.717) is 10.7 Å². The van der Waals surface area contributed by atoms with Gasteiger partial charge in [0, 0.05) is 6.42 Å². The summed E-state index contributed by atoms with van der Waals surface area (Å²) in [5.74, 6) is 2.41. The van der Waals surface area contributed by atoms with Crippen LogP contribution in [0.5, 0.6) is 0 Å². The quantitative estimate of drug-likeness (QED) is 0.850. The van der Waals surface area contributed by atoms with E-state index in [1.165, 1.54) is 0 Å². The van der Waals surface area contributed by atoms with Gasteiger partial charge in [0.2, 0.25) is 5.89 Å². The smallest absolute Gasteiger partial charge is 0.217 e. The van der Waals surface area contributed by atoms with Crippen molar-refractivity contribution >= 4 is 12.2 Å². The lowest BCUT2D eigenvalue weighted by atomic mass is 10.3. The Hall–Kier alpha value is -1.43. The van der Waals surface area contributed by atoms with Crippen LogP contribution in [-0.4, -0.2) is 19.7 Å². The average molecular weight is 252 g/mol. The number of aryl methyl sites for hydroxylation is 2. The fraction of sp³-hybridized carbons (Fsp3) is 0.545. The van der Waals surface area contributed by atoms with Crippen LogP contribution in [0.4, 0.5) is 0 Å². The minimum atomic E-state index is -0.0310. The molecule has 0 spiro atoms. The van der Waals surface area contributed by atoms with Crippen LogP contribution < -0.4 is 0 Å². The zero-order chi connectivity index (χ0) is 12.4. The van der Waals surface area contributed by atoms with Crippen molar-refractivity contribution in [3.8, 4) is 0 Å². The van der Waals surface area contributed by atoms with E-state index in [-0.39, 0.29) is 6.04 Å². The van der Waals surface area contributed by atoms with Gasteiger partial charge in [-0.05, 0) is 32.5 Å². The monoisotopic (exact) mass is 252 g/mol. The predicted molar refractivity (Wildman–Crippen MR) is 66.5 cm³/mol. The van der Waals surface area contributed by atoms with Crippen molar-refractivity contribution in [1.29, 1.82) is 0 Å². The second-order valence-corrected chi connectivity index (χ2v) is 4.44. The van der Waals surface area contributed by atoms with E-state index in [4.69, 9.17) is 16.6 Å². The van der Waals surface area contributed by atoms with Crippen LogP contribution in [0.1, 0.15) is 43.8 Å². The number of oxazole rings is 1. The lowest BCUT2D eigenvalue weighted by molar-refractivity contribution is 0.407. The molecule has 5 nitrogen and oxygen atoms in total. The van der Waals surface area contributed by atoms with Crippen molar-refractivity contribution in [2.45, 2.75) is 39.7 Å². The summed E-state index contributed by atoms with van der Waals surface area (Å²) in [5, 5.41) is 7.06. The van der Waals surface area contributed by atoms with E-state index in [0.717, 1.165) is 24.4 Å². The number of nitrogens with one attached hydrogen (secondary N) is 1. The van der Waals surface area contributed by atoms with E-state index in [1.54, 1.807) is 6.20 Å². The number of aromatic nitrogens is 4. The molecule has 2 heterocycles. The first-order chi connectivity index (χ1) is 8.13. The molecule has 2 rings (SSSR count). The number of nitrogens with zero attached hydrogens (tertiary/aromatic N) is 3. The molecule has 0 aliphatic rings. The van der Waals surface area contributed by atoms with Gasteiger partial charge in [0.05, 0.1) is 6.20 Å². The fourth-order valence-corrected chi connectivity index (χ4v) is 2.12. The molecule has 1 atom stereocenters. The zero-order valence-corrected chi connectivity index (χ0v) is 11.0. The lowest BCUT2D eigenvalue weighted by Crippen LogP contribution is -2.11. The molecule has 0 aliphatic heterocycles. The molecule has 17 heavy (non-hydrogen) atoms. The first kappa shape index (κ1) is 12.0. The van der Waals surface area contributed by atoms with E-state index < -0.39 is 0 Å².